The first kappa shape index (κ1) is 21.9. The predicted octanol–water partition coefficient (Wildman–Crippen LogP) is 6.05. The van der Waals surface area contributed by atoms with E-state index >= 15 is 0 Å². The van der Waals surface area contributed by atoms with Crippen molar-refractivity contribution in [1.29, 1.82) is 0 Å². The third-order valence-corrected chi connectivity index (χ3v) is 6.70. The molecule has 0 unspecified atom stereocenters. The Balaban J connectivity index is 1.45. The zero-order valence-electron chi connectivity index (χ0n) is 19.4. The molecular weight excluding hydrogens is 468 g/mol. The molecule has 0 N–H and O–H groups in total. The molecule has 0 saturated heterocycles. The van der Waals surface area contributed by atoms with Crippen LogP contribution < -0.4 is 15.0 Å². The Kier molecular flexibility index (Phi) is 5.61. The number of fused-ring (bicyclic) bond motifs is 2. The number of benzene rings is 3. The smallest absolute Gasteiger partial charge is 0.266 e. The molecule has 0 saturated carbocycles. The van der Waals surface area contributed by atoms with E-state index in [2.05, 4.69) is 11.8 Å². The first-order chi connectivity index (χ1) is 17.7. The number of aromatic nitrogens is 2. The normalized spacial score (nSPS) is 12.1. The van der Waals surface area contributed by atoms with Crippen LogP contribution in [0.5, 0.6) is 11.5 Å². The molecule has 3 aromatic carbocycles. The minimum absolute atomic E-state index is 0.119. The third kappa shape index (κ3) is 4.17. The predicted molar refractivity (Wildman–Crippen MR) is 144 cm³/mol. The maximum absolute atomic E-state index is 13.7. The standard InChI is InChI=1S/C30H20N2O3S/c1-20-17-21(8-12-23-5-4-16-36-23)9-13-26(20)32-29(31-25-7-3-2-6-24(25)30(32)33)15-11-22-10-14-27-28(18-22)35-19-34-27/h2-7,9-11,13-18H,19H2,1H3/b15-11+. The van der Waals surface area contributed by atoms with Crippen LogP contribution in [0, 0.1) is 18.8 Å². The summed E-state index contributed by atoms with van der Waals surface area (Å²) in [4.78, 5) is 19.5. The van der Waals surface area contributed by atoms with E-state index in [1.807, 2.05) is 97.3 Å². The monoisotopic (exact) mass is 488 g/mol. The topological polar surface area (TPSA) is 53.4 Å². The SMILES string of the molecule is Cc1cc(C#Cc2cccs2)ccc1-n1c(/C=C/c2ccc3c(c2)OCO3)nc2ccccc2c1=O. The van der Waals surface area contributed by atoms with E-state index < -0.39 is 0 Å². The van der Waals surface area contributed by atoms with Gasteiger partial charge in [-0.05, 0) is 78.0 Å². The van der Waals surface area contributed by atoms with Gasteiger partial charge in [0.2, 0.25) is 6.79 Å². The van der Waals surface area contributed by atoms with Gasteiger partial charge in [-0.25, -0.2) is 4.98 Å². The summed E-state index contributed by atoms with van der Waals surface area (Å²) in [5, 5.41) is 2.58. The molecule has 0 bridgehead atoms. The molecule has 0 fully saturated rings. The number of hydrogen-bond acceptors (Lipinski definition) is 5. The van der Waals surface area contributed by atoms with Crippen molar-refractivity contribution in [2.45, 2.75) is 6.92 Å². The number of rotatable bonds is 3. The second kappa shape index (κ2) is 9.21. The van der Waals surface area contributed by atoms with Crippen LogP contribution in [-0.2, 0) is 0 Å². The first-order valence-electron chi connectivity index (χ1n) is 11.4. The van der Waals surface area contributed by atoms with Crippen LogP contribution in [-0.4, -0.2) is 16.3 Å². The number of hydrogen-bond donors (Lipinski definition) is 0. The van der Waals surface area contributed by atoms with Crippen LogP contribution in [0.25, 0.3) is 28.7 Å². The van der Waals surface area contributed by atoms with Crippen LogP contribution in [0.2, 0.25) is 0 Å². The van der Waals surface area contributed by atoms with Gasteiger partial charge in [0.25, 0.3) is 5.56 Å². The molecule has 6 heteroatoms. The van der Waals surface area contributed by atoms with E-state index in [1.165, 1.54) is 0 Å². The van der Waals surface area contributed by atoms with Crippen molar-refractivity contribution in [2.75, 3.05) is 6.79 Å². The van der Waals surface area contributed by atoms with Gasteiger partial charge in [-0.2, -0.15) is 0 Å². The molecule has 1 aliphatic heterocycles. The van der Waals surface area contributed by atoms with Crippen LogP contribution >= 0.6 is 11.3 Å². The zero-order valence-corrected chi connectivity index (χ0v) is 20.2. The lowest BCUT2D eigenvalue weighted by atomic mass is 10.1. The van der Waals surface area contributed by atoms with Gasteiger partial charge in [0.05, 0.1) is 21.5 Å². The minimum atomic E-state index is -0.119. The average molecular weight is 489 g/mol. The van der Waals surface area contributed by atoms with Gasteiger partial charge in [0.1, 0.15) is 5.82 Å². The molecular formula is C30H20N2O3S. The summed E-state index contributed by atoms with van der Waals surface area (Å²) in [6, 6.07) is 23.0. The molecule has 0 atom stereocenters. The van der Waals surface area contributed by atoms with E-state index in [0.717, 1.165) is 33.0 Å². The zero-order chi connectivity index (χ0) is 24.5. The fraction of sp³-hybridized carbons (Fsp3) is 0.0667. The first-order valence-corrected chi connectivity index (χ1v) is 12.3. The molecule has 1 aliphatic rings. The Morgan fingerprint density at radius 1 is 0.944 bits per heavy atom. The van der Waals surface area contributed by atoms with Crippen LogP contribution in [0.4, 0.5) is 0 Å². The van der Waals surface area contributed by atoms with Crippen molar-refractivity contribution in [3.63, 3.8) is 0 Å². The number of aryl methyl sites for hydroxylation is 1. The quantitative estimate of drug-likeness (QED) is 0.290. The van der Waals surface area contributed by atoms with E-state index in [1.54, 1.807) is 15.9 Å². The molecule has 5 nitrogen and oxygen atoms in total. The fourth-order valence-corrected chi connectivity index (χ4v) is 4.72. The van der Waals surface area contributed by atoms with Crippen LogP contribution in [0.3, 0.4) is 0 Å². The van der Waals surface area contributed by atoms with Gasteiger partial charge in [0.15, 0.2) is 11.5 Å². The molecule has 3 heterocycles. The minimum Gasteiger partial charge on any atom is -0.454 e. The molecule has 36 heavy (non-hydrogen) atoms. The maximum atomic E-state index is 13.7. The van der Waals surface area contributed by atoms with Gasteiger partial charge < -0.3 is 9.47 Å². The summed E-state index contributed by atoms with van der Waals surface area (Å²) in [7, 11) is 0. The van der Waals surface area contributed by atoms with Gasteiger partial charge >= 0.3 is 0 Å². The highest BCUT2D eigenvalue weighted by molar-refractivity contribution is 7.10. The Morgan fingerprint density at radius 2 is 1.83 bits per heavy atom. The number of nitrogens with zero attached hydrogens (tertiary/aromatic N) is 2. The Hall–Kier alpha value is -4.60. The second-order valence-electron chi connectivity index (χ2n) is 8.30. The van der Waals surface area contributed by atoms with E-state index in [0.29, 0.717) is 22.5 Å². The van der Waals surface area contributed by atoms with Gasteiger partial charge in [-0.1, -0.05) is 42.2 Å². The molecule has 2 aromatic heterocycles. The molecule has 0 aliphatic carbocycles. The molecule has 5 aromatic rings. The average Bonchev–Trinajstić information content (AvgIpc) is 3.59. The van der Waals surface area contributed by atoms with E-state index in [4.69, 9.17) is 14.5 Å². The summed E-state index contributed by atoms with van der Waals surface area (Å²) in [5.41, 5.74) is 4.05. The summed E-state index contributed by atoms with van der Waals surface area (Å²) in [5.74, 6) is 8.37. The maximum Gasteiger partial charge on any atom is 0.266 e. The number of para-hydroxylation sites is 1. The van der Waals surface area contributed by atoms with Crippen molar-refractivity contribution in [2.24, 2.45) is 0 Å². The largest absolute Gasteiger partial charge is 0.454 e. The molecule has 0 amide bonds. The molecule has 174 valence electrons. The lowest BCUT2D eigenvalue weighted by Gasteiger charge is -2.14. The lowest BCUT2D eigenvalue weighted by molar-refractivity contribution is 0.174. The van der Waals surface area contributed by atoms with Gasteiger partial charge in [-0.15, -0.1) is 11.3 Å². The van der Waals surface area contributed by atoms with Crippen molar-refractivity contribution in [3.8, 4) is 29.0 Å². The summed E-state index contributed by atoms with van der Waals surface area (Å²) in [6.45, 7) is 2.21. The Labute approximate surface area is 211 Å². The lowest BCUT2D eigenvalue weighted by Crippen LogP contribution is -2.23. The fourth-order valence-electron chi connectivity index (χ4n) is 4.15. The van der Waals surface area contributed by atoms with Crippen molar-refractivity contribution in [3.05, 3.63) is 116 Å². The summed E-state index contributed by atoms with van der Waals surface area (Å²) < 4.78 is 12.6. The van der Waals surface area contributed by atoms with E-state index in [9.17, 15) is 4.79 Å². The van der Waals surface area contributed by atoms with E-state index in [-0.39, 0.29) is 12.4 Å². The number of ether oxygens (including phenoxy) is 2. The highest BCUT2D eigenvalue weighted by Gasteiger charge is 2.14. The summed E-state index contributed by atoms with van der Waals surface area (Å²) in [6.07, 6.45) is 3.78. The third-order valence-electron chi connectivity index (χ3n) is 5.91. The second-order valence-corrected chi connectivity index (χ2v) is 9.25. The highest BCUT2D eigenvalue weighted by Crippen LogP contribution is 2.33. The Morgan fingerprint density at radius 3 is 2.69 bits per heavy atom. The van der Waals surface area contributed by atoms with Crippen LogP contribution in [0.15, 0.2) is 83.0 Å². The van der Waals surface area contributed by atoms with Gasteiger partial charge in [-0.3, -0.25) is 9.36 Å². The van der Waals surface area contributed by atoms with Crippen molar-refractivity contribution in [1.82, 2.24) is 9.55 Å². The number of thiophene rings is 1. The van der Waals surface area contributed by atoms with Crippen molar-refractivity contribution >= 4 is 34.4 Å². The molecule has 0 radical (unpaired) electrons. The molecule has 0 spiro atoms. The highest BCUT2D eigenvalue weighted by atomic mass is 32.1. The molecule has 6 rings (SSSR count). The van der Waals surface area contributed by atoms with Gasteiger partial charge in [0, 0.05) is 5.56 Å². The van der Waals surface area contributed by atoms with Crippen LogP contribution in [0.1, 0.15) is 27.4 Å². The van der Waals surface area contributed by atoms with Crippen molar-refractivity contribution < 1.29 is 9.47 Å². The summed E-state index contributed by atoms with van der Waals surface area (Å²) >= 11 is 1.61. The Bertz CT molecular complexity index is 1760.